The van der Waals surface area contributed by atoms with E-state index in [1.807, 2.05) is 30.3 Å². The van der Waals surface area contributed by atoms with Crippen LogP contribution in [-0.4, -0.2) is 10.9 Å². The maximum absolute atomic E-state index is 12.0. The second-order valence-electron chi connectivity index (χ2n) is 4.60. The normalized spacial score (nSPS) is 10.7. The van der Waals surface area contributed by atoms with E-state index in [1.165, 1.54) is 6.26 Å². The topological polar surface area (TPSA) is 55.1 Å². The summed E-state index contributed by atoms with van der Waals surface area (Å²) < 4.78 is 5.13. The monoisotopic (exact) mass is 266 g/mol. The zero-order chi connectivity index (χ0) is 13.9. The molecule has 4 heteroatoms. The van der Waals surface area contributed by atoms with E-state index in [1.54, 1.807) is 19.2 Å². The largest absolute Gasteiger partial charge is 0.469 e. The van der Waals surface area contributed by atoms with Crippen LogP contribution in [0.1, 0.15) is 21.7 Å². The summed E-state index contributed by atoms with van der Waals surface area (Å²) in [5.41, 5.74) is 2.57. The van der Waals surface area contributed by atoms with E-state index >= 15 is 0 Å². The molecular formula is C16H14N2O2. The molecule has 1 N–H and O–H groups in total. The van der Waals surface area contributed by atoms with Crippen molar-refractivity contribution in [2.75, 3.05) is 0 Å². The molecule has 2 aromatic heterocycles. The third-order valence-electron chi connectivity index (χ3n) is 3.22. The minimum atomic E-state index is -0.123. The molecule has 3 rings (SSSR count). The van der Waals surface area contributed by atoms with Crippen LogP contribution in [0.15, 0.2) is 53.3 Å². The molecule has 3 aromatic rings. The Morgan fingerprint density at radius 2 is 2.20 bits per heavy atom. The molecule has 4 nitrogen and oxygen atoms in total. The first-order valence-electron chi connectivity index (χ1n) is 6.40. The Kier molecular flexibility index (Phi) is 3.21. The first-order chi connectivity index (χ1) is 9.74. The van der Waals surface area contributed by atoms with Gasteiger partial charge in [-0.1, -0.05) is 12.1 Å². The van der Waals surface area contributed by atoms with Gasteiger partial charge in [-0.3, -0.25) is 9.78 Å². The van der Waals surface area contributed by atoms with Gasteiger partial charge in [-0.15, -0.1) is 0 Å². The van der Waals surface area contributed by atoms with E-state index in [9.17, 15) is 4.79 Å². The standard InChI is InChI=1S/C16H14N2O2/c1-11-14(6-8-20-11)16(19)18-10-12-4-5-15-13(9-12)3-2-7-17-15/h2-9H,10H2,1H3,(H,18,19). The van der Waals surface area contributed by atoms with Crippen molar-refractivity contribution in [1.82, 2.24) is 10.3 Å². The summed E-state index contributed by atoms with van der Waals surface area (Å²) in [5.74, 6) is 0.507. The highest BCUT2D eigenvalue weighted by atomic mass is 16.3. The number of amides is 1. The Hall–Kier alpha value is -2.62. The summed E-state index contributed by atoms with van der Waals surface area (Å²) in [6, 6.07) is 11.5. The van der Waals surface area contributed by atoms with Crippen LogP contribution in [0, 0.1) is 6.92 Å². The zero-order valence-corrected chi connectivity index (χ0v) is 11.1. The lowest BCUT2D eigenvalue weighted by Gasteiger charge is -2.05. The fourth-order valence-corrected chi connectivity index (χ4v) is 2.13. The molecule has 0 radical (unpaired) electrons. The number of hydrogen-bond acceptors (Lipinski definition) is 3. The van der Waals surface area contributed by atoms with Crippen molar-refractivity contribution < 1.29 is 9.21 Å². The first kappa shape index (κ1) is 12.4. The van der Waals surface area contributed by atoms with Crippen molar-refractivity contribution in [3.63, 3.8) is 0 Å². The fraction of sp³-hybridized carbons (Fsp3) is 0.125. The number of aryl methyl sites for hydroxylation is 1. The molecule has 0 atom stereocenters. The average molecular weight is 266 g/mol. The van der Waals surface area contributed by atoms with Crippen LogP contribution < -0.4 is 5.32 Å². The zero-order valence-electron chi connectivity index (χ0n) is 11.1. The molecule has 0 bridgehead atoms. The van der Waals surface area contributed by atoms with Gasteiger partial charge in [0.25, 0.3) is 5.91 Å². The van der Waals surface area contributed by atoms with Crippen molar-refractivity contribution >= 4 is 16.8 Å². The van der Waals surface area contributed by atoms with Crippen LogP contribution in [0.3, 0.4) is 0 Å². The number of furan rings is 1. The predicted molar refractivity (Wildman–Crippen MR) is 76.4 cm³/mol. The number of benzene rings is 1. The Morgan fingerprint density at radius 1 is 1.30 bits per heavy atom. The molecule has 0 fully saturated rings. The minimum absolute atomic E-state index is 0.123. The van der Waals surface area contributed by atoms with E-state index in [-0.39, 0.29) is 5.91 Å². The number of hydrogen-bond donors (Lipinski definition) is 1. The van der Waals surface area contributed by atoms with Crippen molar-refractivity contribution in [2.45, 2.75) is 13.5 Å². The van der Waals surface area contributed by atoms with Crippen LogP contribution >= 0.6 is 0 Å². The molecule has 2 heterocycles. The van der Waals surface area contributed by atoms with Crippen LogP contribution in [-0.2, 0) is 6.54 Å². The van der Waals surface area contributed by atoms with Crippen molar-refractivity contribution in [3.8, 4) is 0 Å². The van der Waals surface area contributed by atoms with Crippen LogP contribution in [0.5, 0.6) is 0 Å². The number of nitrogens with one attached hydrogen (secondary N) is 1. The summed E-state index contributed by atoms with van der Waals surface area (Å²) in [6.45, 7) is 2.25. The van der Waals surface area contributed by atoms with E-state index in [0.717, 1.165) is 16.5 Å². The number of carbonyl (C=O) groups is 1. The van der Waals surface area contributed by atoms with Gasteiger partial charge in [0.1, 0.15) is 5.76 Å². The van der Waals surface area contributed by atoms with Gasteiger partial charge in [-0.05, 0) is 36.8 Å². The molecule has 0 spiro atoms. The van der Waals surface area contributed by atoms with Crippen LogP contribution in [0.25, 0.3) is 10.9 Å². The van der Waals surface area contributed by atoms with Gasteiger partial charge >= 0.3 is 0 Å². The summed E-state index contributed by atoms with van der Waals surface area (Å²) in [7, 11) is 0. The number of rotatable bonds is 3. The van der Waals surface area contributed by atoms with Crippen molar-refractivity contribution in [1.29, 1.82) is 0 Å². The van der Waals surface area contributed by atoms with E-state index < -0.39 is 0 Å². The Labute approximate surface area is 116 Å². The maximum Gasteiger partial charge on any atom is 0.255 e. The molecule has 0 saturated heterocycles. The molecule has 100 valence electrons. The summed E-state index contributed by atoms with van der Waals surface area (Å²) in [5, 5.41) is 3.96. The molecule has 0 aliphatic heterocycles. The van der Waals surface area contributed by atoms with Gasteiger partial charge < -0.3 is 9.73 Å². The average Bonchev–Trinajstić information content (AvgIpc) is 2.91. The highest BCUT2D eigenvalue weighted by Crippen LogP contribution is 2.14. The highest BCUT2D eigenvalue weighted by molar-refractivity contribution is 5.95. The molecule has 1 aromatic carbocycles. The summed E-state index contributed by atoms with van der Waals surface area (Å²) in [6.07, 6.45) is 3.29. The Morgan fingerprint density at radius 3 is 3.00 bits per heavy atom. The first-order valence-corrected chi connectivity index (χ1v) is 6.40. The molecule has 0 aliphatic rings. The van der Waals surface area contributed by atoms with Gasteiger partial charge in [-0.2, -0.15) is 0 Å². The molecule has 0 unspecified atom stereocenters. The molecule has 0 aliphatic carbocycles. The van der Waals surface area contributed by atoms with Crippen molar-refractivity contribution in [3.05, 3.63) is 65.7 Å². The van der Waals surface area contributed by atoms with E-state index in [0.29, 0.717) is 17.9 Å². The number of carbonyl (C=O) groups excluding carboxylic acids is 1. The lowest BCUT2D eigenvalue weighted by molar-refractivity contribution is 0.0949. The summed E-state index contributed by atoms with van der Waals surface area (Å²) >= 11 is 0. The minimum Gasteiger partial charge on any atom is -0.469 e. The lowest BCUT2D eigenvalue weighted by Crippen LogP contribution is -2.22. The van der Waals surface area contributed by atoms with Gasteiger partial charge in [0.2, 0.25) is 0 Å². The smallest absolute Gasteiger partial charge is 0.255 e. The Bertz CT molecular complexity index is 762. The quantitative estimate of drug-likeness (QED) is 0.792. The van der Waals surface area contributed by atoms with Gasteiger partial charge in [0.15, 0.2) is 0 Å². The molecule has 20 heavy (non-hydrogen) atoms. The van der Waals surface area contributed by atoms with Gasteiger partial charge in [0, 0.05) is 18.1 Å². The predicted octanol–water partition coefficient (Wildman–Crippen LogP) is 3.07. The number of pyridine rings is 1. The molecule has 0 saturated carbocycles. The fourth-order valence-electron chi connectivity index (χ4n) is 2.13. The Balaban J connectivity index is 1.74. The third kappa shape index (κ3) is 2.40. The number of aromatic nitrogens is 1. The molecular weight excluding hydrogens is 252 g/mol. The van der Waals surface area contributed by atoms with Crippen LogP contribution in [0.2, 0.25) is 0 Å². The highest BCUT2D eigenvalue weighted by Gasteiger charge is 2.10. The van der Waals surface area contributed by atoms with Crippen molar-refractivity contribution in [2.24, 2.45) is 0 Å². The third-order valence-corrected chi connectivity index (χ3v) is 3.22. The lowest BCUT2D eigenvalue weighted by atomic mass is 10.1. The molecule has 1 amide bonds. The number of fused-ring (bicyclic) bond motifs is 1. The SMILES string of the molecule is Cc1occc1C(=O)NCc1ccc2ncccc2c1. The van der Waals surface area contributed by atoms with Gasteiger partial charge in [0.05, 0.1) is 17.3 Å². The second kappa shape index (κ2) is 5.17. The summed E-state index contributed by atoms with van der Waals surface area (Å²) in [4.78, 5) is 16.3. The van der Waals surface area contributed by atoms with Gasteiger partial charge in [-0.25, -0.2) is 0 Å². The second-order valence-corrected chi connectivity index (χ2v) is 4.60. The maximum atomic E-state index is 12.0. The van der Waals surface area contributed by atoms with E-state index in [2.05, 4.69) is 10.3 Å². The number of nitrogens with zero attached hydrogens (tertiary/aromatic N) is 1. The van der Waals surface area contributed by atoms with Crippen LogP contribution in [0.4, 0.5) is 0 Å². The van der Waals surface area contributed by atoms with E-state index in [4.69, 9.17) is 4.42 Å².